The van der Waals surface area contributed by atoms with Gasteiger partial charge >= 0.3 is 0 Å². The van der Waals surface area contributed by atoms with Crippen molar-refractivity contribution in [2.45, 2.75) is 58.2 Å². The summed E-state index contributed by atoms with van der Waals surface area (Å²) < 4.78 is 13.6. The lowest BCUT2D eigenvalue weighted by molar-refractivity contribution is 0.297. The van der Waals surface area contributed by atoms with E-state index in [1.807, 2.05) is 6.07 Å². The molecule has 3 nitrogen and oxygen atoms in total. The van der Waals surface area contributed by atoms with Gasteiger partial charge in [-0.05, 0) is 36.6 Å². The van der Waals surface area contributed by atoms with Gasteiger partial charge in [0.05, 0.1) is 6.61 Å². The molecule has 1 aromatic rings. The first-order valence-electron chi connectivity index (χ1n) is 8.01. The summed E-state index contributed by atoms with van der Waals surface area (Å²) >= 11 is 0. The molecule has 1 fully saturated rings. The van der Waals surface area contributed by atoms with Crippen molar-refractivity contribution < 1.29 is 9.50 Å². The smallest absolute Gasteiger partial charge is 0.123 e. The highest BCUT2D eigenvalue weighted by Gasteiger charge is 2.24. The molecule has 1 aliphatic rings. The van der Waals surface area contributed by atoms with Crippen LogP contribution in [0.15, 0.2) is 18.2 Å². The monoisotopic (exact) mass is 294 g/mol. The van der Waals surface area contributed by atoms with Crippen LogP contribution in [-0.4, -0.2) is 30.3 Å². The van der Waals surface area contributed by atoms with Gasteiger partial charge in [0.15, 0.2) is 0 Å². The third-order valence-electron chi connectivity index (χ3n) is 4.16. The van der Waals surface area contributed by atoms with Gasteiger partial charge in [-0.25, -0.2) is 4.39 Å². The molecule has 0 atom stereocenters. The summed E-state index contributed by atoms with van der Waals surface area (Å²) in [6, 6.07) is 5.83. The van der Waals surface area contributed by atoms with Gasteiger partial charge in [-0.3, -0.25) is 0 Å². The Morgan fingerprint density at radius 2 is 2.05 bits per heavy atom. The van der Waals surface area contributed by atoms with E-state index in [1.165, 1.54) is 18.9 Å². The van der Waals surface area contributed by atoms with Gasteiger partial charge in [-0.1, -0.05) is 26.7 Å². The van der Waals surface area contributed by atoms with Crippen LogP contribution in [-0.2, 0) is 6.54 Å². The minimum absolute atomic E-state index is 0.130. The van der Waals surface area contributed by atoms with Crippen molar-refractivity contribution in [3.05, 3.63) is 29.6 Å². The molecule has 4 heteroatoms. The van der Waals surface area contributed by atoms with Crippen molar-refractivity contribution in [3.8, 4) is 0 Å². The average molecular weight is 294 g/mol. The summed E-state index contributed by atoms with van der Waals surface area (Å²) in [5.41, 5.74) is 2.04. The lowest BCUT2D eigenvalue weighted by Gasteiger charge is -2.32. The van der Waals surface area contributed by atoms with Crippen LogP contribution in [0.4, 0.5) is 10.1 Å². The summed E-state index contributed by atoms with van der Waals surface area (Å²) in [7, 11) is 0. The van der Waals surface area contributed by atoms with Crippen molar-refractivity contribution in [1.29, 1.82) is 0 Å². The number of hydrogen-bond donors (Lipinski definition) is 2. The Bertz CT molecular complexity index is 444. The van der Waals surface area contributed by atoms with Gasteiger partial charge in [-0.15, -0.1) is 0 Å². The minimum atomic E-state index is -0.199. The van der Waals surface area contributed by atoms with E-state index < -0.39 is 0 Å². The molecule has 0 unspecified atom stereocenters. The van der Waals surface area contributed by atoms with Crippen molar-refractivity contribution in [2.75, 3.05) is 18.1 Å². The van der Waals surface area contributed by atoms with Crippen LogP contribution in [0.25, 0.3) is 0 Å². The second-order valence-electron chi connectivity index (χ2n) is 6.16. The first-order chi connectivity index (χ1) is 10.1. The van der Waals surface area contributed by atoms with Crippen LogP contribution in [0.1, 0.15) is 45.1 Å². The molecule has 0 spiro atoms. The Kier molecular flexibility index (Phi) is 6.00. The normalized spacial score (nSPS) is 15.9. The number of anilines is 1. The summed E-state index contributed by atoms with van der Waals surface area (Å²) in [4.78, 5) is 2.27. The van der Waals surface area contributed by atoms with Crippen LogP contribution in [0.5, 0.6) is 0 Å². The molecular weight excluding hydrogens is 267 g/mol. The summed E-state index contributed by atoms with van der Waals surface area (Å²) in [5.74, 6) is -0.199. The third kappa shape index (κ3) is 4.42. The first-order valence-corrected chi connectivity index (χ1v) is 8.01. The highest BCUT2D eigenvalue weighted by molar-refractivity contribution is 5.55. The standard InChI is InChI=1S/C17H27FN2O/c1-13(2)19-12-14-11-15(18)7-8-17(14)20(9-10-21)16-5-3-4-6-16/h7-8,11,13,16,19,21H,3-6,9-10,12H2,1-2H3. The van der Waals surface area contributed by atoms with Gasteiger partial charge in [0, 0.05) is 30.9 Å². The maximum Gasteiger partial charge on any atom is 0.123 e. The van der Waals surface area contributed by atoms with E-state index >= 15 is 0 Å². The highest BCUT2D eigenvalue weighted by Crippen LogP contribution is 2.30. The molecule has 0 aliphatic heterocycles. The second-order valence-corrected chi connectivity index (χ2v) is 6.16. The predicted molar refractivity (Wildman–Crippen MR) is 85.1 cm³/mol. The molecule has 21 heavy (non-hydrogen) atoms. The van der Waals surface area contributed by atoms with Crippen molar-refractivity contribution >= 4 is 5.69 Å². The maximum absolute atomic E-state index is 13.6. The number of halogens is 1. The molecule has 0 aromatic heterocycles. The van der Waals surface area contributed by atoms with Gasteiger partial charge < -0.3 is 15.3 Å². The molecule has 2 rings (SSSR count). The molecular formula is C17H27FN2O. The number of hydrogen-bond acceptors (Lipinski definition) is 3. The average Bonchev–Trinajstić information content (AvgIpc) is 2.97. The van der Waals surface area contributed by atoms with E-state index in [0.717, 1.165) is 24.1 Å². The summed E-state index contributed by atoms with van der Waals surface area (Å²) in [6.45, 7) is 5.57. The second kappa shape index (κ2) is 7.76. The zero-order valence-electron chi connectivity index (χ0n) is 13.1. The number of aliphatic hydroxyl groups excluding tert-OH is 1. The van der Waals surface area contributed by atoms with E-state index in [1.54, 1.807) is 6.07 Å². The highest BCUT2D eigenvalue weighted by atomic mass is 19.1. The van der Waals surface area contributed by atoms with Gasteiger partial charge in [0.2, 0.25) is 0 Å². The lowest BCUT2D eigenvalue weighted by Crippen LogP contribution is -2.37. The van der Waals surface area contributed by atoms with Crippen LogP contribution in [0, 0.1) is 5.82 Å². The maximum atomic E-state index is 13.6. The van der Waals surface area contributed by atoms with Crippen LogP contribution in [0.3, 0.4) is 0 Å². The Balaban J connectivity index is 2.24. The number of aliphatic hydroxyl groups is 1. The van der Waals surface area contributed by atoms with Crippen LogP contribution in [0.2, 0.25) is 0 Å². The first kappa shape index (κ1) is 16.2. The number of benzene rings is 1. The van der Waals surface area contributed by atoms with E-state index in [0.29, 0.717) is 25.2 Å². The van der Waals surface area contributed by atoms with Crippen molar-refractivity contribution in [2.24, 2.45) is 0 Å². The Hall–Kier alpha value is -1.13. The molecule has 0 radical (unpaired) electrons. The molecule has 0 saturated heterocycles. The fourth-order valence-electron chi connectivity index (χ4n) is 3.11. The summed E-state index contributed by atoms with van der Waals surface area (Å²) in [6.07, 6.45) is 4.81. The van der Waals surface area contributed by atoms with Crippen LogP contribution >= 0.6 is 0 Å². The Morgan fingerprint density at radius 3 is 2.67 bits per heavy atom. The van der Waals surface area contributed by atoms with E-state index in [-0.39, 0.29) is 12.4 Å². The Labute approximate surface area is 127 Å². The minimum Gasteiger partial charge on any atom is -0.395 e. The number of nitrogens with zero attached hydrogens (tertiary/aromatic N) is 1. The Morgan fingerprint density at radius 1 is 1.33 bits per heavy atom. The molecule has 1 aliphatic carbocycles. The molecule has 1 saturated carbocycles. The molecule has 118 valence electrons. The fraction of sp³-hybridized carbons (Fsp3) is 0.647. The van der Waals surface area contributed by atoms with E-state index in [9.17, 15) is 9.50 Å². The summed E-state index contributed by atoms with van der Waals surface area (Å²) in [5, 5.41) is 12.8. The SMILES string of the molecule is CC(C)NCc1cc(F)ccc1N(CCO)C1CCCC1. The van der Waals surface area contributed by atoms with Crippen LogP contribution < -0.4 is 10.2 Å². The molecule has 1 aromatic carbocycles. The fourth-order valence-corrected chi connectivity index (χ4v) is 3.11. The number of nitrogens with one attached hydrogen (secondary N) is 1. The van der Waals surface area contributed by atoms with E-state index in [2.05, 4.69) is 24.1 Å². The zero-order valence-corrected chi connectivity index (χ0v) is 13.1. The van der Waals surface area contributed by atoms with Gasteiger partial charge in [0.1, 0.15) is 5.82 Å². The molecule has 0 heterocycles. The lowest BCUT2D eigenvalue weighted by atomic mass is 10.1. The topological polar surface area (TPSA) is 35.5 Å². The molecule has 0 amide bonds. The zero-order chi connectivity index (χ0) is 15.2. The van der Waals surface area contributed by atoms with E-state index in [4.69, 9.17) is 0 Å². The predicted octanol–water partition coefficient (Wildman–Crippen LogP) is 3.07. The largest absolute Gasteiger partial charge is 0.395 e. The number of rotatable bonds is 7. The van der Waals surface area contributed by atoms with Gasteiger partial charge in [-0.2, -0.15) is 0 Å². The molecule has 0 bridgehead atoms. The van der Waals surface area contributed by atoms with Crippen molar-refractivity contribution in [3.63, 3.8) is 0 Å². The van der Waals surface area contributed by atoms with Gasteiger partial charge in [0.25, 0.3) is 0 Å². The van der Waals surface area contributed by atoms with Crippen molar-refractivity contribution in [1.82, 2.24) is 5.32 Å². The molecule has 2 N–H and O–H groups in total. The third-order valence-corrected chi connectivity index (χ3v) is 4.16. The quantitative estimate of drug-likeness (QED) is 0.811.